The minimum atomic E-state index is -0.0131. The molecule has 0 spiro atoms. The molecule has 3 atom stereocenters. The van der Waals surface area contributed by atoms with E-state index < -0.39 is 0 Å². The Kier molecular flexibility index (Phi) is 7.93. The summed E-state index contributed by atoms with van der Waals surface area (Å²) >= 11 is 0. The normalized spacial score (nSPS) is 24.0. The topological polar surface area (TPSA) is 82.8 Å². The van der Waals surface area contributed by atoms with Gasteiger partial charge in [0.25, 0.3) is 0 Å². The Balaban J connectivity index is 0.00000261. The Morgan fingerprint density at radius 1 is 1.37 bits per heavy atom. The van der Waals surface area contributed by atoms with Gasteiger partial charge in [0, 0.05) is 26.2 Å². The average molecular weight is 489 g/mol. The lowest BCUT2D eigenvalue weighted by molar-refractivity contribution is -0.127. The Morgan fingerprint density at radius 3 is 2.70 bits per heavy atom. The molecule has 0 aliphatic heterocycles. The molecule has 0 radical (unpaired) electrons. The van der Waals surface area contributed by atoms with Crippen molar-refractivity contribution in [1.29, 1.82) is 0 Å². The Labute approximate surface area is 178 Å². The molecule has 1 aromatic rings. The van der Waals surface area contributed by atoms with Gasteiger partial charge in [-0.3, -0.25) is 4.79 Å². The summed E-state index contributed by atoms with van der Waals surface area (Å²) in [5, 5.41) is 10.9. The molecule has 8 heteroatoms. The largest absolute Gasteiger partial charge is 0.359 e. The predicted octanol–water partition coefficient (Wildman–Crippen LogP) is 2.73. The van der Waals surface area contributed by atoms with Crippen LogP contribution in [0, 0.1) is 11.8 Å². The molecule has 1 heterocycles. The molecule has 152 valence electrons. The first-order valence-corrected chi connectivity index (χ1v) is 9.63. The van der Waals surface area contributed by atoms with Crippen LogP contribution in [0.5, 0.6) is 0 Å². The van der Waals surface area contributed by atoms with E-state index in [1.54, 1.807) is 19.0 Å². The van der Waals surface area contributed by atoms with Crippen molar-refractivity contribution in [2.24, 2.45) is 16.8 Å². The maximum absolute atomic E-state index is 11.9. The molecule has 1 amide bonds. The molecule has 2 saturated carbocycles. The zero-order valence-corrected chi connectivity index (χ0v) is 19.0. The predicted molar refractivity (Wildman–Crippen MR) is 116 cm³/mol. The summed E-state index contributed by atoms with van der Waals surface area (Å²) in [6.07, 6.45) is 5.18. The van der Waals surface area contributed by atoms with E-state index in [9.17, 15) is 4.79 Å². The summed E-state index contributed by atoms with van der Waals surface area (Å²) < 4.78 is 5.39. The van der Waals surface area contributed by atoms with Gasteiger partial charge in [-0.2, -0.15) is 0 Å². The zero-order valence-electron chi connectivity index (χ0n) is 16.7. The van der Waals surface area contributed by atoms with E-state index in [-0.39, 0.29) is 36.4 Å². The zero-order chi connectivity index (χ0) is 18.7. The van der Waals surface area contributed by atoms with Gasteiger partial charge in [-0.15, -0.1) is 24.0 Å². The second-order valence-corrected chi connectivity index (χ2v) is 8.11. The van der Waals surface area contributed by atoms with Crippen LogP contribution in [-0.2, 0) is 11.3 Å². The minimum Gasteiger partial charge on any atom is -0.359 e. The van der Waals surface area contributed by atoms with Crippen LogP contribution in [0.2, 0.25) is 0 Å². The van der Waals surface area contributed by atoms with Gasteiger partial charge in [0.2, 0.25) is 5.91 Å². The summed E-state index contributed by atoms with van der Waals surface area (Å²) in [6.45, 7) is 4.82. The van der Waals surface area contributed by atoms with Crippen LogP contribution >= 0.6 is 24.0 Å². The van der Waals surface area contributed by atoms with Gasteiger partial charge < -0.3 is 20.1 Å². The number of carbonyl (C=O) groups excluding carboxylic acids is 1. The number of amides is 1. The Morgan fingerprint density at radius 2 is 2.15 bits per heavy atom. The highest BCUT2D eigenvalue weighted by atomic mass is 127. The molecule has 2 fully saturated rings. The Bertz CT molecular complexity index is 658. The number of halogens is 1. The highest BCUT2D eigenvalue weighted by molar-refractivity contribution is 14.0. The van der Waals surface area contributed by atoms with Crippen LogP contribution in [0.1, 0.15) is 56.9 Å². The van der Waals surface area contributed by atoms with Gasteiger partial charge in [0.1, 0.15) is 6.54 Å². The highest BCUT2D eigenvalue weighted by Crippen LogP contribution is 2.44. The van der Waals surface area contributed by atoms with E-state index in [1.807, 2.05) is 6.07 Å². The monoisotopic (exact) mass is 489 g/mol. The fraction of sp³-hybridized carbons (Fsp3) is 0.737. The third kappa shape index (κ3) is 5.83. The number of fused-ring (bicyclic) bond motifs is 2. The van der Waals surface area contributed by atoms with Crippen LogP contribution in [0.4, 0.5) is 0 Å². The van der Waals surface area contributed by atoms with Crippen LogP contribution in [-0.4, -0.2) is 48.6 Å². The number of guanidine groups is 1. The number of aliphatic imine (C=N–C) groups is 1. The molecule has 2 N–H and O–H groups in total. The molecule has 2 aliphatic rings. The standard InChI is InChI=1S/C19H31N5O2.HI/c1-12(2)16-9-15(26-23-16)10-20-19(21-11-18(25)24(3)4)22-17-8-13-5-6-14(17)7-13;/h9,12-14,17H,5-8,10-11H2,1-4H3,(H2,20,21,22);1H. The number of likely N-dealkylation sites (N-methyl/N-ethyl adjacent to an activating group) is 1. The number of carbonyl (C=O) groups is 1. The van der Waals surface area contributed by atoms with Gasteiger partial charge in [-0.25, -0.2) is 4.99 Å². The fourth-order valence-electron chi connectivity index (χ4n) is 3.89. The SMILES string of the molecule is CC(C)c1cc(CNC(=NCC(=O)N(C)C)NC2CC3CCC2C3)on1.I. The lowest BCUT2D eigenvalue weighted by Gasteiger charge is -2.25. The van der Waals surface area contributed by atoms with Crippen LogP contribution in [0.3, 0.4) is 0 Å². The summed E-state index contributed by atoms with van der Waals surface area (Å²) in [7, 11) is 3.49. The van der Waals surface area contributed by atoms with Gasteiger partial charge in [0.05, 0.1) is 12.2 Å². The molecule has 3 unspecified atom stereocenters. The average Bonchev–Trinajstić information content (AvgIpc) is 3.32. The second-order valence-electron chi connectivity index (χ2n) is 8.11. The summed E-state index contributed by atoms with van der Waals surface area (Å²) in [6, 6.07) is 2.42. The molecular formula is C19H32IN5O2. The first-order valence-electron chi connectivity index (χ1n) is 9.63. The number of hydrogen-bond donors (Lipinski definition) is 2. The van der Waals surface area contributed by atoms with Crippen molar-refractivity contribution in [3.63, 3.8) is 0 Å². The number of nitrogens with zero attached hydrogens (tertiary/aromatic N) is 3. The fourth-order valence-corrected chi connectivity index (χ4v) is 3.89. The van der Waals surface area contributed by atoms with Crippen molar-refractivity contribution < 1.29 is 9.32 Å². The van der Waals surface area contributed by atoms with Crippen molar-refractivity contribution >= 4 is 35.8 Å². The van der Waals surface area contributed by atoms with E-state index in [2.05, 4.69) is 34.6 Å². The summed E-state index contributed by atoms with van der Waals surface area (Å²) in [5.74, 6) is 3.36. The number of hydrogen-bond acceptors (Lipinski definition) is 4. The van der Waals surface area contributed by atoms with E-state index >= 15 is 0 Å². The first kappa shape index (κ1) is 22.0. The van der Waals surface area contributed by atoms with Crippen molar-refractivity contribution in [3.8, 4) is 0 Å². The quantitative estimate of drug-likeness (QED) is 0.365. The van der Waals surface area contributed by atoms with Gasteiger partial charge >= 0.3 is 0 Å². The van der Waals surface area contributed by atoms with E-state index in [4.69, 9.17) is 4.52 Å². The summed E-state index contributed by atoms with van der Waals surface area (Å²) in [5.41, 5.74) is 0.948. The number of nitrogens with one attached hydrogen (secondary N) is 2. The molecule has 27 heavy (non-hydrogen) atoms. The van der Waals surface area contributed by atoms with Gasteiger partial charge in [0.15, 0.2) is 11.7 Å². The molecule has 2 aliphatic carbocycles. The van der Waals surface area contributed by atoms with Crippen molar-refractivity contribution in [3.05, 3.63) is 17.5 Å². The van der Waals surface area contributed by atoms with E-state index in [0.717, 1.165) is 23.3 Å². The molecular weight excluding hydrogens is 457 g/mol. The van der Waals surface area contributed by atoms with Gasteiger partial charge in [-0.1, -0.05) is 25.4 Å². The molecule has 7 nitrogen and oxygen atoms in total. The summed E-state index contributed by atoms with van der Waals surface area (Å²) in [4.78, 5) is 17.9. The third-order valence-electron chi connectivity index (χ3n) is 5.53. The van der Waals surface area contributed by atoms with E-state index in [0.29, 0.717) is 24.5 Å². The molecule has 0 aromatic carbocycles. The van der Waals surface area contributed by atoms with Gasteiger partial charge in [-0.05, 0) is 37.0 Å². The highest BCUT2D eigenvalue weighted by Gasteiger charge is 2.39. The smallest absolute Gasteiger partial charge is 0.243 e. The Hall–Kier alpha value is -1.32. The molecule has 2 bridgehead atoms. The molecule has 3 rings (SSSR count). The van der Waals surface area contributed by atoms with Crippen molar-refractivity contribution in [1.82, 2.24) is 20.7 Å². The molecule has 1 aromatic heterocycles. The van der Waals surface area contributed by atoms with E-state index in [1.165, 1.54) is 25.7 Å². The first-order chi connectivity index (χ1) is 12.4. The van der Waals surface area contributed by atoms with Crippen molar-refractivity contribution in [2.45, 2.75) is 58.0 Å². The maximum Gasteiger partial charge on any atom is 0.243 e. The lowest BCUT2D eigenvalue weighted by Crippen LogP contribution is -2.45. The van der Waals surface area contributed by atoms with Crippen LogP contribution < -0.4 is 10.6 Å². The minimum absolute atomic E-state index is 0. The lowest BCUT2D eigenvalue weighted by atomic mass is 9.95. The van der Waals surface area contributed by atoms with Crippen molar-refractivity contribution in [2.75, 3.05) is 20.6 Å². The number of aromatic nitrogens is 1. The maximum atomic E-state index is 11.9. The number of rotatable bonds is 6. The third-order valence-corrected chi connectivity index (χ3v) is 5.53. The molecule has 0 saturated heterocycles. The van der Waals surface area contributed by atoms with Crippen LogP contribution in [0.15, 0.2) is 15.6 Å². The van der Waals surface area contributed by atoms with Crippen LogP contribution in [0.25, 0.3) is 0 Å². The second kappa shape index (κ2) is 9.75.